The largest absolute Gasteiger partial charge is 0.496 e. The summed E-state index contributed by atoms with van der Waals surface area (Å²) in [7, 11) is 1.63. The quantitative estimate of drug-likeness (QED) is 0.834. The normalized spacial score (nSPS) is 27.7. The number of ether oxygens (including phenoxy) is 1. The van der Waals surface area contributed by atoms with Crippen LogP contribution in [-0.4, -0.2) is 48.3 Å². The Kier molecular flexibility index (Phi) is 5.11. The Balaban J connectivity index is 1.50. The van der Waals surface area contributed by atoms with Crippen LogP contribution in [0.5, 0.6) is 5.75 Å². The van der Waals surface area contributed by atoms with Gasteiger partial charge in [-0.25, -0.2) is 0 Å². The average molecular weight is 332 g/mol. The average Bonchev–Trinajstić information content (AvgIpc) is 2.78. The Labute approximate surface area is 144 Å². The number of rotatable bonds is 6. The number of para-hydroxylation sites is 1. The van der Waals surface area contributed by atoms with E-state index >= 15 is 0 Å². The molecule has 1 saturated heterocycles. The number of hydrogen-bond donors (Lipinski definition) is 2. The van der Waals surface area contributed by atoms with E-state index in [0.717, 1.165) is 30.7 Å². The van der Waals surface area contributed by atoms with Crippen molar-refractivity contribution in [3.8, 4) is 5.75 Å². The highest BCUT2D eigenvalue weighted by atomic mass is 16.5. The zero-order chi connectivity index (χ0) is 17.2. The summed E-state index contributed by atoms with van der Waals surface area (Å²) in [5.41, 5.74) is 0.357. The van der Waals surface area contributed by atoms with E-state index in [-0.39, 0.29) is 11.8 Å². The molecule has 24 heavy (non-hydrogen) atoms. The van der Waals surface area contributed by atoms with Gasteiger partial charge in [-0.3, -0.25) is 9.69 Å². The van der Waals surface area contributed by atoms with Gasteiger partial charge in [0.25, 0.3) is 0 Å². The van der Waals surface area contributed by atoms with Crippen molar-refractivity contribution in [1.82, 2.24) is 10.2 Å². The number of benzene rings is 1. The van der Waals surface area contributed by atoms with Gasteiger partial charge in [-0.1, -0.05) is 31.5 Å². The minimum atomic E-state index is -0.610. The number of likely N-dealkylation sites (tertiary alicyclic amines) is 1. The molecular formula is C19H28N2O3. The van der Waals surface area contributed by atoms with Crippen LogP contribution >= 0.6 is 0 Å². The maximum atomic E-state index is 12.3. The van der Waals surface area contributed by atoms with Crippen molar-refractivity contribution in [3.63, 3.8) is 0 Å². The van der Waals surface area contributed by atoms with Gasteiger partial charge in [0.2, 0.25) is 5.91 Å². The fourth-order valence-electron chi connectivity index (χ4n) is 3.99. The number of carbonyl (C=O) groups excluding carboxylic acids is 1. The van der Waals surface area contributed by atoms with Crippen molar-refractivity contribution in [2.24, 2.45) is 11.8 Å². The Bertz CT molecular complexity index is 588. The lowest BCUT2D eigenvalue weighted by molar-refractivity contribution is -0.122. The number of nitrogens with zero attached hydrogens (tertiary/aromatic N) is 1. The number of nitrogens with one attached hydrogen (secondary N) is 1. The molecule has 1 aromatic rings. The monoisotopic (exact) mass is 332 g/mol. The fraction of sp³-hybridized carbons (Fsp3) is 0.632. The number of carbonyl (C=O) groups is 1. The molecule has 0 aromatic heterocycles. The Morgan fingerprint density at radius 1 is 1.42 bits per heavy atom. The third kappa shape index (κ3) is 3.42. The lowest BCUT2D eigenvalue weighted by atomic mass is 9.69. The number of methoxy groups -OCH3 is 1. The molecule has 0 bridgehead atoms. The van der Waals surface area contributed by atoms with Crippen LogP contribution in [0.4, 0.5) is 0 Å². The van der Waals surface area contributed by atoms with Crippen molar-refractivity contribution < 1.29 is 14.6 Å². The summed E-state index contributed by atoms with van der Waals surface area (Å²) in [6.07, 6.45) is 3.46. The smallest absolute Gasteiger partial charge is 0.234 e. The van der Waals surface area contributed by atoms with Crippen LogP contribution in [0.15, 0.2) is 24.3 Å². The molecule has 2 atom stereocenters. The highest BCUT2D eigenvalue weighted by molar-refractivity contribution is 5.78. The van der Waals surface area contributed by atoms with Crippen LogP contribution in [0.25, 0.3) is 0 Å². The highest BCUT2D eigenvalue weighted by Crippen LogP contribution is 2.43. The van der Waals surface area contributed by atoms with E-state index in [1.54, 1.807) is 7.11 Å². The fourth-order valence-corrected chi connectivity index (χ4v) is 3.99. The topological polar surface area (TPSA) is 61.8 Å². The number of aliphatic hydroxyl groups is 1. The van der Waals surface area contributed by atoms with Crippen molar-refractivity contribution in [1.29, 1.82) is 0 Å². The predicted molar refractivity (Wildman–Crippen MR) is 92.7 cm³/mol. The lowest BCUT2D eigenvalue weighted by Gasteiger charge is -2.41. The minimum Gasteiger partial charge on any atom is -0.496 e. The molecule has 2 aliphatic rings. The molecule has 1 heterocycles. The molecule has 5 nitrogen and oxygen atoms in total. The molecule has 1 aromatic carbocycles. The molecule has 1 amide bonds. The summed E-state index contributed by atoms with van der Waals surface area (Å²) < 4.78 is 5.30. The second-order valence-corrected chi connectivity index (χ2v) is 7.28. The molecule has 3 rings (SSSR count). The first-order valence-corrected chi connectivity index (χ1v) is 8.86. The third-order valence-corrected chi connectivity index (χ3v) is 5.71. The molecule has 2 N–H and O–H groups in total. The molecule has 5 heteroatoms. The van der Waals surface area contributed by atoms with E-state index in [0.29, 0.717) is 25.6 Å². The Morgan fingerprint density at radius 3 is 2.83 bits per heavy atom. The van der Waals surface area contributed by atoms with Gasteiger partial charge in [0.15, 0.2) is 0 Å². The molecule has 0 unspecified atom stereocenters. The molecule has 1 saturated carbocycles. The van der Waals surface area contributed by atoms with Gasteiger partial charge in [0.1, 0.15) is 5.75 Å². The SMILES string of the molecule is COc1ccccc1CNC(=O)CN1C[C@H](C)[C@@](O)(C2CCC2)C1. The van der Waals surface area contributed by atoms with Gasteiger partial charge in [-0.2, -0.15) is 0 Å². The van der Waals surface area contributed by atoms with Gasteiger partial charge in [0.05, 0.1) is 19.3 Å². The first-order chi connectivity index (χ1) is 11.5. The maximum Gasteiger partial charge on any atom is 0.234 e. The van der Waals surface area contributed by atoms with E-state index in [9.17, 15) is 9.90 Å². The molecule has 1 aliphatic heterocycles. The molecule has 0 radical (unpaired) electrons. The van der Waals surface area contributed by atoms with E-state index < -0.39 is 5.60 Å². The van der Waals surface area contributed by atoms with Crippen molar-refractivity contribution in [2.75, 3.05) is 26.7 Å². The second kappa shape index (κ2) is 7.11. The highest BCUT2D eigenvalue weighted by Gasteiger charge is 2.49. The lowest BCUT2D eigenvalue weighted by Crippen LogP contribution is -2.48. The zero-order valence-corrected chi connectivity index (χ0v) is 14.6. The third-order valence-electron chi connectivity index (χ3n) is 5.71. The molecule has 132 valence electrons. The molecule has 0 spiro atoms. The van der Waals surface area contributed by atoms with E-state index in [1.807, 2.05) is 24.3 Å². The molecular weight excluding hydrogens is 304 g/mol. The number of hydrogen-bond acceptors (Lipinski definition) is 4. The molecule has 1 aliphatic carbocycles. The number of amides is 1. The van der Waals surface area contributed by atoms with Gasteiger partial charge in [-0.05, 0) is 30.7 Å². The van der Waals surface area contributed by atoms with Gasteiger partial charge >= 0.3 is 0 Å². The standard InChI is InChI=1S/C19H28N2O3/c1-14-11-21(13-19(14,23)16-7-5-8-16)12-18(22)20-10-15-6-3-4-9-17(15)24-2/h3-4,6,9,14,16,23H,5,7-8,10-13H2,1-2H3,(H,20,22)/t14-,19+/m0/s1. The Morgan fingerprint density at radius 2 is 2.17 bits per heavy atom. The minimum absolute atomic E-state index is 0.00837. The van der Waals surface area contributed by atoms with Crippen molar-refractivity contribution in [2.45, 2.75) is 38.3 Å². The van der Waals surface area contributed by atoms with Gasteiger partial charge in [0, 0.05) is 25.2 Å². The van der Waals surface area contributed by atoms with Crippen LogP contribution in [0.3, 0.4) is 0 Å². The van der Waals surface area contributed by atoms with Gasteiger partial charge < -0.3 is 15.2 Å². The van der Waals surface area contributed by atoms with Crippen LogP contribution in [0, 0.1) is 11.8 Å². The number of β-amino-alcohol motifs (C(OH)–C–C–N with tert-alkyl or cyclic N) is 1. The van der Waals surface area contributed by atoms with Crippen molar-refractivity contribution in [3.05, 3.63) is 29.8 Å². The summed E-state index contributed by atoms with van der Waals surface area (Å²) in [5.74, 6) is 1.41. The second-order valence-electron chi connectivity index (χ2n) is 7.28. The van der Waals surface area contributed by atoms with Crippen molar-refractivity contribution >= 4 is 5.91 Å². The first kappa shape index (κ1) is 17.2. The zero-order valence-electron chi connectivity index (χ0n) is 14.6. The summed E-state index contributed by atoms with van der Waals surface area (Å²) in [6.45, 7) is 4.30. The predicted octanol–water partition coefficient (Wildman–Crippen LogP) is 1.79. The van der Waals surface area contributed by atoms with Crippen LogP contribution in [0.2, 0.25) is 0 Å². The van der Waals surface area contributed by atoms with Gasteiger partial charge in [-0.15, -0.1) is 0 Å². The van der Waals surface area contributed by atoms with Crippen LogP contribution in [-0.2, 0) is 11.3 Å². The van der Waals surface area contributed by atoms with E-state index in [4.69, 9.17) is 4.74 Å². The summed E-state index contributed by atoms with van der Waals surface area (Å²) in [4.78, 5) is 14.4. The van der Waals surface area contributed by atoms with E-state index in [1.165, 1.54) is 6.42 Å². The van der Waals surface area contributed by atoms with E-state index in [2.05, 4.69) is 17.1 Å². The summed E-state index contributed by atoms with van der Waals surface area (Å²) in [6, 6.07) is 7.69. The molecule has 2 fully saturated rings. The summed E-state index contributed by atoms with van der Waals surface area (Å²) in [5, 5.41) is 13.9. The maximum absolute atomic E-state index is 12.3. The Hall–Kier alpha value is -1.59. The summed E-state index contributed by atoms with van der Waals surface area (Å²) >= 11 is 0. The van der Waals surface area contributed by atoms with Crippen LogP contribution < -0.4 is 10.1 Å². The first-order valence-electron chi connectivity index (χ1n) is 8.86. The van der Waals surface area contributed by atoms with Crippen LogP contribution in [0.1, 0.15) is 31.7 Å².